The van der Waals surface area contributed by atoms with Crippen LogP contribution in [0, 0.1) is 6.92 Å². The van der Waals surface area contributed by atoms with Gasteiger partial charge in [-0.25, -0.2) is 0 Å². The number of rotatable bonds is 6. The highest BCUT2D eigenvalue weighted by atomic mass is 127. The number of halogens is 1. The summed E-state index contributed by atoms with van der Waals surface area (Å²) in [6.45, 7) is 13.8. The van der Waals surface area contributed by atoms with Crippen LogP contribution in [0.4, 0.5) is 0 Å². The molecule has 1 aliphatic rings. The molecular formula is C17H31IN4OS. The lowest BCUT2D eigenvalue weighted by Crippen LogP contribution is -2.43. The molecule has 1 aromatic heterocycles. The van der Waals surface area contributed by atoms with E-state index in [1.54, 1.807) is 0 Å². The van der Waals surface area contributed by atoms with E-state index < -0.39 is 0 Å². The zero-order chi connectivity index (χ0) is 16.7. The second-order valence-corrected chi connectivity index (χ2v) is 7.45. The maximum atomic E-state index is 5.51. The molecule has 1 unspecified atom stereocenters. The lowest BCUT2D eigenvalue weighted by molar-refractivity contribution is 0.0186. The van der Waals surface area contributed by atoms with Crippen molar-refractivity contribution in [2.45, 2.75) is 39.8 Å². The molecule has 0 aliphatic carbocycles. The van der Waals surface area contributed by atoms with Crippen molar-refractivity contribution in [1.82, 2.24) is 15.5 Å². The molecule has 2 heterocycles. The lowest BCUT2D eigenvalue weighted by Gasteiger charge is -2.33. The maximum Gasteiger partial charge on any atom is 0.191 e. The Morgan fingerprint density at radius 3 is 2.58 bits per heavy atom. The summed E-state index contributed by atoms with van der Waals surface area (Å²) in [5.74, 6) is 0.897. The fraction of sp³-hybridized carbons (Fsp3) is 0.706. The van der Waals surface area contributed by atoms with Gasteiger partial charge in [0.2, 0.25) is 0 Å². The van der Waals surface area contributed by atoms with Gasteiger partial charge >= 0.3 is 0 Å². The van der Waals surface area contributed by atoms with E-state index in [2.05, 4.69) is 55.4 Å². The van der Waals surface area contributed by atoms with Crippen LogP contribution < -0.4 is 10.6 Å². The van der Waals surface area contributed by atoms with Crippen molar-refractivity contribution in [3.63, 3.8) is 0 Å². The van der Waals surface area contributed by atoms with Crippen LogP contribution in [0.15, 0.2) is 17.1 Å². The Bertz CT molecular complexity index is 501. The van der Waals surface area contributed by atoms with Crippen molar-refractivity contribution in [3.8, 4) is 0 Å². The molecule has 0 amide bonds. The van der Waals surface area contributed by atoms with Crippen molar-refractivity contribution in [2.75, 3.05) is 39.4 Å². The highest BCUT2D eigenvalue weighted by Gasteiger charge is 2.23. The van der Waals surface area contributed by atoms with Gasteiger partial charge in [-0.2, -0.15) is 0 Å². The summed E-state index contributed by atoms with van der Waals surface area (Å²) in [6.07, 6.45) is 0. The molecule has 2 N–H and O–H groups in total. The van der Waals surface area contributed by atoms with Crippen molar-refractivity contribution < 1.29 is 4.74 Å². The Hall–Kier alpha value is -0.380. The molecule has 0 radical (unpaired) electrons. The molecule has 0 bridgehead atoms. The van der Waals surface area contributed by atoms with Crippen molar-refractivity contribution >= 4 is 41.3 Å². The molecule has 1 aliphatic heterocycles. The summed E-state index contributed by atoms with van der Waals surface area (Å²) in [6, 6.07) is 5.16. The van der Waals surface area contributed by atoms with E-state index in [-0.39, 0.29) is 24.0 Å². The lowest BCUT2D eigenvalue weighted by atomic mass is 10.2. The first-order valence-corrected chi connectivity index (χ1v) is 9.34. The summed E-state index contributed by atoms with van der Waals surface area (Å²) < 4.78 is 5.51. The van der Waals surface area contributed by atoms with Gasteiger partial charge in [-0.05, 0) is 39.8 Å². The molecule has 0 aromatic carbocycles. The molecule has 0 spiro atoms. The largest absolute Gasteiger partial charge is 0.379 e. The molecule has 0 saturated carbocycles. The van der Waals surface area contributed by atoms with E-state index in [1.807, 2.05) is 11.3 Å². The van der Waals surface area contributed by atoms with Gasteiger partial charge in [-0.1, -0.05) is 0 Å². The van der Waals surface area contributed by atoms with E-state index in [1.165, 1.54) is 9.75 Å². The van der Waals surface area contributed by atoms with Crippen molar-refractivity contribution in [2.24, 2.45) is 4.99 Å². The molecule has 1 aromatic rings. The number of ether oxygens (including phenoxy) is 1. The Morgan fingerprint density at radius 2 is 2.04 bits per heavy atom. The molecule has 138 valence electrons. The highest BCUT2D eigenvalue weighted by Crippen LogP contribution is 2.28. The van der Waals surface area contributed by atoms with Crippen LogP contribution in [0.5, 0.6) is 0 Å². The zero-order valence-corrected chi connectivity index (χ0v) is 18.3. The number of morpholine rings is 1. The zero-order valence-electron chi connectivity index (χ0n) is 15.2. The molecular weight excluding hydrogens is 435 g/mol. The predicted molar refractivity (Wildman–Crippen MR) is 114 cm³/mol. The first-order chi connectivity index (χ1) is 11.1. The van der Waals surface area contributed by atoms with Crippen LogP contribution in [0.2, 0.25) is 0 Å². The molecule has 5 nitrogen and oxygen atoms in total. The molecule has 1 atom stereocenters. The van der Waals surface area contributed by atoms with Gasteiger partial charge in [-0.15, -0.1) is 35.3 Å². The number of nitrogens with one attached hydrogen (secondary N) is 2. The third kappa shape index (κ3) is 6.85. The van der Waals surface area contributed by atoms with Crippen LogP contribution in [0.1, 0.15) is 36.6 Å². The van der Waals surface area contributed by atoms with Crippen LogP contribution >= 0.6 is 35.3 Å². The van der Waals surface area contributed by atoms with E-state index in [4.69, 9.17) is 9.73 Å². The SMILES string of the molecule is CCNC(=NCC(c1ccc(C)s1)N1CCOCC1)NC(C)C.I. The minimum atomic E-state index is 0. The minimum Gasteiger partial charge on any atom is -0.379 e. The summed E-state index contributed by atoms with van der Waals surface area (Å²) >= 11 is 1.88. The van der Waals surface area contributed by atoms with Gasteiger partial charge in [0.25, 0.3) is 0 Å². The Kier molecular flexibility index (Phi) is 10.2. The second-order valence-electron chi connectivity index (χ2n) is 6.13. The van der Waals surface area contributed by atoms with Gasteiger partial charge < -0.3 is 15.4 Å². The van der Waals surface area contributed by atoms with Crippen LogP contribution in [0.25, 0.3) is 0 Å². The summed E-state index contributed by atoms with van der Waals surface area (Å²) in [5, 5.41) is 6.72. The third-order valence-corrected chi connectivity index (χ3v) is 4.87. The summed E-state index contributed by atoms with van der Waals surface area (Å²) in [4.78, 5) is 10.1. The van der Waals surface area contributed by atoms with Crippen LogP contribution in [0.3, 0.4) is 0 Å². The standard InChI is InChI=1S/C17H30N4OS.HI/c1-5-18-17(20-13(2)3)19-12-15(16-7-6-14(4)23-16)21-8-10-22-11-9-21;/h6-7,13,15H,5,8-12H2,1-4H3,(H2,18,19,20);1H. The van der Waals surface area contributed by atoms with Crippen LogP contribution in [-0.4, -0.2) is 56.3 Å². The molecule has 7 heteroatoms. The first-order valence-electron chi connectivity index (χ1n) is 8.53. The number of hydrogen-bond donors (Lipinski definition) is 2. The molecule has 24 heavy (non-hydrogen) atoms. The number of aryl methyl sites for hydroxylation is 1. The Morgan fingerprint density at radius 1 is 1.33 bits per heavy atom. The van der Waals surface area contributed by atoms with E-state index in [0.29, 0.717) is 12.1 Å². The average Bonchev–Trinajstić information content (AvgIpc) is 2.94. The Labute approximate surface area is 167 Å². The number of guanidine groups is 1. The van der Waals surface area contributed by atoms with Gasteiger partial charge in [0.15, 0.2) is 5.96 Å². The summed E-state index contributed by atoms with van der Waals surface area (Å²) in [5.41, 5.74) is 0. The monoisotopic (exact) mass is 466 g/mol. The molecule has 1 fully saturated rings. The quantitative estimate of drug-likeness (QED) is 0.385. The maximum absolute atomic E-state index is 5.51. The predicted octanol–water partition coefficient (Wildman–Crippen LogP) is 3.01. The van der Waals surface area contributed by atoms with Crippen molar-refractivity contribution in [1.29, 1.82) is 0 Å². The smallest absolute Gasteiger partial charge is 0.191 e. The number of aliphatic imine (C=N–C) groups is 1. The average molecular weight is 466 g/mol. The van der Waals surface area contributed by atoms with Gasteiger partial charge in [0, 0.05) is 35.4 Å². The van der Waals surface area contributed by atoms with Crippen LogP contribution in [-0.2, 0) is 4.74 Å². The topological polar surface area (TPSA) is 48.9 Å². The second kappa shape index (κ2) is 11.3. The third-order valence-electron chi connectivity index (χ3n) is 3.77. The van der Waals surface area contributed by atoms with Gasteiger partial charge in [0.05, 0.1) is 25.8 Å². The molecule has 2 rings (SSSR count). The number of nitrogens with zero attached hydrogens (tertiary/aromatic N) is 2. The minimum absolute atomic E-state index is 0. The summed E-state index contributed by atoms with van der Waals surface area (Å²) in [7, 11) is 0. The van der Waals surface area contributed by atoms with E-state index in [0.717, 1.165) is 45.4 Å². The van der Waals surface area contributed by atoms with Crippen molar-refractivity contribution in [3.05, 3.63) is 21.9 Å². The number of thiophene rings is 1. The van der Waals surface area contributed by atoms with Gasteiger partial charge in [0.1, 0.15) is 0 Å². The van der Waals surface area contributed by atoms with E-state index >= 15 is 0 Å². The number of hydrogen-bond acceptors (Lipinski definition) is 4. The Balaban J connectivity index is 0.00000288. The first kappa shape index (κ1) is 21.7. The fourth-order valence-corrected chi connectivity index (χ4v) is 3.68. The van der Waals surface area contributed by atoms with E-state index in [9.17, 15) is 0 Å². The highest BCUT2D eigenvalue weighted by molar-refractivity contribution is 14.0. The normalized spacial score (nSPS) is 17.5. The van der Waals surface area contributed by atoms with Gasteiger partial charge in [-0.3, -0.25) is 9.89 Å². The fourth-order valence-electron chi connectivity index (χ4n) is 2.68. The molecule has 1 saturated heterocycles.